The van der Waals surface area contributed by atoms with Crippen molar-refractivity contribution >= 4 is 44.4 Å². The SMILES string of the molecule is CN(C)CCN(C(=O)/C=C/c1cccc([N+](=O)[O-])c1)c1nc2cc3c(cc2s1)OCCO3. The molecule has 0 aliphatic carbocycles. The summed E-state index contributed by atoms with van der Waals surface area (Å²) < 4.78 is 12.2. The molecule has 3 aromatic rings. The van der Waals surface area contributed by atoms with Crippen molar-refractivity contribution in [1.82, 2.24) is 9.88 Å². The predicted molar refractivity (Wildman–Crippen MR) is 124 cm³/mol. The highest BCUT2D eigenvalue weighted by molar-refractivity contribution is 7.22. The molecule has 1 aliphatic heterocycles. The van der Waals surface area contributed by atoms with Crippen LogP contribution in [0.2, 0.25) is 0 Å². The molecule has 0 spiro atoms. The van der Waals surface area contributed by atoms with Crippen molar-refractivity contribution in [2.24, 2.45) is 0 Å². The summed E-state index contributed by atoms with van der Waals surface area (Å²) in [6.07, 6.45) is 2.99. The molecule has 2 aromatic carbocycles. The van der Waals surface area contributed by atoms with E-state index in [-0.39, 0.29) is 11.6 Å². The number of amides is 1. The van der Waals surface area contributed by atoms with Gasteiger partial charge in [0.1, 0.15) is 13.2 Å². The summed E-state index contributed by atoms with van der Waals surface area (Å²) >= 11 is 1.40. The maximum atomic E-state index is 13.1. The van der Waals surface area contributed by atoms with Crippen molar-refractivity contribution in [3.8, 4) is 11.5 Å². The van der Waals surface area contributed by atoms with Gasteiger partial charge in [0.05, 0.1) is 15.1 Å². The van der Waals surface area contributed by atoms with Gasteiger partial charge in [0.15, 0.2) is 16.6 Å². The Hall–Kier alpha value is -3.50. The van der Waals surface area contributed by atoms with E-state index in [1.165, 1.54) is 29.5 Å². The van der Waals surface area contributed by atoms with E-state index < -0.39 is 4.92 Å². The van der Waals surface area contributed by atoms with E-state index in [4.69, 9.17) is 9.47 Å². The van der Waals surface area contributed by atoms with Gasteiger partial charge in [-0.1, -0.05) is 23.5 Å². The first-order chi connectivity index (χ1) is 15.4. The number of nitro benzene ring substituents is 1. The zero-order chi connectivity index (χ0) is 22.7. The first-order valence-electron chi connectivity index (χ1n) is 9.99. The third kappa shape index (κ3) is 4.87. The highest BCUT2D eigenvalue weighted by Gasteiger charge is 2.21. The summed E-state index contributed by atoms with van der Waals surface area (Å²) in [7, 11) is 3.87. The maximum Gasteiger partial charge on any atom is 0.270 e. The van der Waals surface area contributed by atoms with Crippen molar-refractivity contribution in [1.29, 1.82) is 0 Å². The minimum atomic E-state index is -0.462. The lowest BCUT2D eigenvalue weighted by Gasteiger charge is -2.20. The van der Waals surface area contributed by atoms with E-state index in [0.717, 1.165) is 10.2 Å². The van der Waals surface area contributed by atoms with Gasteiger partial charge in [0.2, 0.25) is 0 Å². The number of benzene rings is 2. The van der Waals surface area contributed by atoms with E-state index in [9.17, 15) is 14.9 Å². The second kappa shape index (κ2) is 9.33. The summed E-state index contributed by atoms with van der Waals surface area (Å²) in [6, 6.07) is 9.86. The number of nitrogens with zero attached hydrogens (tertiary/aromatic N) is 4. The number of nitro groups is 1. The fourth-order valence-corrected chi connectivity index (χ4v) is 4.18. The number of carbonyl (C=O) groups excluding carboxylic acids is 1. The van der Waals surface area contributed by atoms with E-state index in [1.807, 2.05) is 31.1 Å². The lowest BCUT2D eigenvalue weighted by molar-refractivity contribution is -0.384. The van der Waals surface area contributed by atoms with Crippen molar-refractivity contribution < 1.29 is 19.2 Å². The minimum absolute atomic E-state index is 0.0244. The van der Waals surface area contributed by atoms with Crippen molar-refractivity contribution in [3.63, 3.8) is 0 Å². The van der Waals surface area contributed by atoms with Gasteiger partial charge >= 0.3 is 0 Å². The number of aromatic nitrogens is 1. The number of thiazole rings is 1. The minimum Gasteiger partial charge on any atom is -0.486 e. The quantitative estimate of drug-likeness (QED) is 0.306. The highest BCUT2D eigenvalue weighted by atomic mass is 32.1. The Balaban J connectivity index is 1.62. The van der Waals surface area contributed by atoms with Crippen molar-refractivity contribution in [2.45, 2.75) is 0 Å². The predicted octanol–water partition coefficient (Wildman–Crippen LogP) is 3.58. The van der Waals surface area contributed by atoms with Gasteiger partial charge < -0.3 is 14.4 Å². The van der Waals surface area contributed by atoms with Gasteiger partial charge in [0, 0.05) is 43.4 Å². The average molecular weight is 455 g/mol. The molecule has 4 rings (SSSR count). The molecule has 0 N–H and O–H groups in total. The number of carbonyl (C=O) groups is 1. The molecular formula is C22H22N4O5S. The molecule has 0 fully saturated rings. The number of fused-ring (bicyclic) bond motifs is 2. The largest absolute Gasteiger partial charge is 0.486 e. The van der Waals surface area contributed by atoms with E-state index in [2.05, 4.69) is 4.98 Å². The molecule has 1 aliphatic rings. The zero-order valence-corrected chi connectivity index (χ0v) is 18.5. The van der Waals surface area contributed by atoms with Crippen LogP contribution in [0, 0.1) is 10.1 Å². The van der Waals surface area contributed by atoms with Crippen LogP contribution >= 0.6 is 11.3 Å². The van der Waals surface area contributed by atoms with Crippen molar-refractivity contribution in [2.75, 3.05) is 45.3 Å². The third-order valence-corrected chi connectivity index (χ3v) is 5.85. The van der Waals surface area contributed by atoms with Crippen LogP contribution in [0.5, 0.6) is 11.5 Å². The molecule has 32 heavy (non-hydrogen) atoms. The summed E-state index contributed by atoms with van der Waals surface area (Å²) in [5, 5.41) is 11.6. The summed E-state index contributed by atoms with van der Waals surface area (Å²) in [4.78, 5) is 31.9. The van der Waals surface area contributed by atoms with Gasteiger partial charge in [-0.15, -0.1) is 0 Å². The zero-order valence-electron chi connectivity index (χ0n) is 17.7. The van der Waals surface area contributed by atoms with Gasteiger partial charge in [-0.3, -0.25) is 19.8 Å². The van der Waals surface area contributed by atoms with Crippen LogP contribution in [0.25, 0.3) is 16.3 Å². The lowest BCUT2D eigenvalue weighted by atomic mass is 10.2. The number of hydrogen-bond donors (Lipinski definition) is 0. The van der Waals surface area contributed by atoms with Crippen LogP contribution in [-0.4, -0.2) is 61.1 Å². The van der Waals surface area contributed by atoms with Gasteiger partial charge in [-0.2, -0.15) is 0 Å². The molecule has 0 bridgehead atoms. The molecule has 1 aromatic heterocycles. The normalized spacial score (nSPS) is 13.1. The van der Waals surface area contributed by atoms with Gasteiger partial charge in [-0.25, -0.2) is 4.98 Å². The second-order valence-electron chi connectivity index (χ2n) is 7.44. The Kier molecular flexibility index (Phi) is 6.33. The van der Waals surface area contributed by atoms with Gasteiger partial charge in [-0.05, 0) is 25.7 Å². The average Bonchev–Trinajstić information content (AvgIpc) is 3.18. The van der Waals surface area contributed by atoms with E-state index >= 15 is 0 Å². The Bertz CT molecular complexity index is 1150. The molecule has 1 amide bonds. The van der Waals surface area contributed by atoms with E-state index in [0.29, 0.717) is 48.5 Å². The van der Waals surface area contributed by atoms with Crippen LogP contribution in [-0.2, 0) is 4.79 Å². The molecule has 166 valence electrons. The maximum absolute atomic E-state index is 13.1. The van der Waals surface area contributed by atoms with Gasteiger partial charge in [0.25, 0.3) is 11.6 Å². The summed E-state index contributed by atoms with van der Waals surface area (Å²) in [6.45, 7) is 2.08. The Morgan fingerprint density at radius 3 is 2.66 bits per heavy atom. The Morgan fingerprint density at radius 1 is 1.19 bits per heavy atom. The number of rotatable bonds is 7. The smallest absolute Gasteiger partial charge is 0.270 e. The standard InChI is InChI=1S/C22H22N4O5S/c1-24(2)8-9-25(21(27)7-6-15-4-3-5-16(12-15)26(28)29)22-23-17-13-18-19(14-20(17)32-22)31-11-10-30-18/h3-7,12-14H,8-11H2,1-2H3/b7-6+. The molecular weight excluding hydrogens is 432 g/mol. The first-order valence-corrected chi connectivity index (χ1v) is 10.8. The number of anilines is 1. The van der Waals surface area contributed by atoms with E-state index in [1.54, 1.807) is 23.1 Å². The number of ether oxygens (including phenoxy) is 2. The molecule has 9 nitrogen and oxygen atoms in total. The number of likely N-dealkylation sites (N-methyl/N-ethyl adjacent to an activating group) is 1. The molecule has 10 heteroatoms. The van der Waals surface area contributed by atoms with Crippen LogP contribution in [0.1, 0.15) is 5.56 Å². The molecule has 0 saturated carbocycles. The highest BCUT2D eigenvalue weighted by Crippen LogP contribution is 2.38. The molecule has 0 saturated heterocycles. The number of non-ortho nitro benzene ring substituents is 1. The van der Waals surface area contributed by atoms with Crippen LogP contribution in [0.15, 0.2) is 42.5 Å². The number of hydrogen-bond acceptors (Lipinski definition) is 8. The molecule has 0 radical (unpaired) electrons. The summed E-state index contributed by atoms with van der Waals surface area (Å²) in [5.41, 5.74) is 1.29. The van der Waals surface area contributed by atoms with Crippen LogP contribution in [0.4, 0.5) is 10.8 Å². The fourth-order valence-electron chi connectivity index (χ4n) is 3.17. The Labute approximate surface area is 188 Å². The lowest BCUT2D eigenvalue weighted by Crippen LogP contribution is -2.35. The van der Waals surface area contributed by atoms with Crippen LogP contribution < -0.4 is 14.4 Å². The topological polar surface area (TPSA) is 98.0 Å². The third-order valence-electron chi connectivity index (χ3n) is 4.81. The Morgan fingerprint density at radius 2 is 1.94 bits per heavy atom. The van der Waals surface area contributed by atoms with Crippen molar-refractivity contribution in [3.05, 3.63) is 58.2 Å². The molecule has 0 atom stereocenters. The monoisotopic (exact) mass is 454 g/mol. The first kappa shape index (κ1) is 21.7. The molecule has 0 unspecified atom stereocenters. The summed E-state index contributed by atoms with van der Waals surface area (Å²) in [5.74, 6) is 1.07. The van der Waals surface area contributed by atoms with Crippen LogP contribution in [0.3, 0.4) is 0 Å². The fraction of sp³-hybridized carbons (Fsp3) is 0.273. The molecule has 2 heterocycles. The second-order valence-corrected chi connectivity index (χ2v) is 8.45.